The molecule has 0 saturated heterocycles. The number of nitrogens with zero attached hydrogens (tertiary/aromatic N) is 2. The Labute approximate surface area is 175 Å². The topological polar surface area (TPSA) is 62.3 Å². The molecule has 4 aliphatic rings. The number of rotatable bonds is 5. The summed E-state index contributed by atoms with van der Waals surface area (Å²) in [6.45, 7) is 5.38. The lowest BCUT2D eigenvalue weighted by atomic mass is 9.49. The highest BCUT2D eigenvalue weighted by Gasteiger charge is 2.54. The summed E-state index contributed by atoms with van der Waals surface area (Å²) in [5, 5.41) is 3.82. The van der Waals surface area contributed by atoms with Crippen molar-refractivity contribution in [3.63, 3.8) is 0 Å². The van der Waals surface area contributed by atoms with Gasteiger partial charge in [0.1, 0.15) is 0 Å². The van der Waals surface area contributed by atoms with Crippen LogP contribution in [0.3, 0.4) is 0 Å². The third kappa shape index (κ3) is 3.25. The normalized spacial score (nSPS) is 29.9. The summed E-state index contributed by atoms with van der Waals surface area (Å²) in [6.07, 6.45) is 7.15. The van der Waals surface area contributed by atoms with E-state index in [-0.39, 0.29) is 17.2 Å². The highest BCUT2D eigenvalue weighted by atomic mass is 32.1. The van der Waals surface area contributed by atoms with Crippen LogP contribution in [0.25, 0.3) is 10.2 Å². The van der Waals surface area contributed by atoms with Gasteiger partial charge in [-0.15, -0.1) is 0 Å². The van der Waals surface area contributed by atoms with Gasteiger partial charge in [0.25, 0.3) is 5.91 Å². The van der Waals surface area contributed by atoms with Crippen LogP contribution in [0.1, 0.15) is 62.7 Å². The minimum absolute atomic E-state index is 0.0458. The van der Waals surface area contributed by atoms with Crippen molar-refractivity contribution in [3.05, 3.63) is 23.8 Å². The molecule has 4 fully saturated rings. The third-order valence-electron chi connectivity index (χ3n) is 7.43. The van der Waals surface area contributed by atoms with Gasteiger partial charge in [-0.25, -0.2) is 4.98 Å². The highest BCUT2D eigenvalue weighted by Crippen LogP contribution is 2.60. The molecule has 6 rings (SSSR count). The Morgan fingerprint density at radius 1 is 1.10 bits per heavy atom. The Balaban J connectivity index is 1.36. The number of carbonyl (C=O) groups is 2. The molecule has 2 aromatic rings. The molecule has 5 nitrogen and oxygen atoms in total. The average Bonchev–Trinajstić information content (AvgIpc) is 3.09. The van der Waals surface area contributed by atoms with E-state index in [1.165, 1.54) is 30.6 Å². The van der Waals surface area contributed by atoms with Crippen molar-refractivity contribution in [2.45, 2.75) is 52.4 Å². The van der Waals surface area contributed by atoms with Gasteiger partial charge in [0.2, 0.25) is 5.91 Å². The lowest BCUT2D eigenvalue weighted by Crippen LogP contribution is -2.51. The quantitative estimate of drug-likeness (QED) is 0.758. The number of hydrogen-bond donors (Lipinski definition) is 1. The molecule has 154 valence electrons. The van der Waals surface area contributed by atoms with Crippen molar-refractivity contribution in [1.82, 2.24) is 9.88 Å². The first-order valence-electron chi connectivity index (χ1n) is 11.0. The predicted molar refractivity (Wildman–Crippen MR) is 116 cm³/mol. The van der Waals surface area contributed by atoms with Crippen molar-refractivity contribution in [2.24, 2.45) is 23.2 Å². The van der Waals surface area contributed by atoms with Crippen LogP contribution >= 0.6 is 11.3 Å². The largest absolute Gasteiger partial charge is 0.339 e. The van der Waals surface area contributed by atoms with Crippen molar-refractivity contribution < 1.29 is 9.59 Å². The van der Waals surface area contributed by atoms with Crippen LogP contribution in [-0.4, -0.2) is 34.8 Å². The Morgan fingerprint density at radius 3 is 2.31 bits per heavy atom. The Morgan fingerprint density at radius 2 is 1.72 bits per heavy atom. The molecule has 4 saturated carbocycles. The van der Waals surface area contributed by atoms with Crippen LogP contribution in [0.5, 0.6) is 0 Å². The van der Waals surface area contributed by atoms with Crippen LogP contribution in [0.15, 0.2) is 18.2 Å². The zero-order chi connectivity index (χ0) is 20.2. The summed E-state index contributed by atoms with van der Waals surface area (Å²) in [5.41, 5.74) is 1.35. The molecule has 1 aromatic carbocycles. The number of anilines is 1. The molecule has 2 amide bonds. The van der Waals surface area contributed by atoms with E-state index in [0.717, 1.165) is 47.2 Å². The van der Waals surface area contributed by atoms with Crippen LogP contribution in [-0.2, 0) is 4.79 Å². The van der Waals surface area contributed by atoms with Gasteiger partial charge in [-0.3, -0.25) is 9.59 Å². The van der Waals surface area contributed by atoms with Crippen molar-refractivity contribution in [2.75, 3.05) is 18.4 Å². The van der Waals surface area contributed by atoms with Crippen LogP contribution in [0.2, 0.25) is 0 Å². The first kappa shape index (κ1) is 19.0. The first-order valence-corrected chi connectivity index (χ1v) is 11.8. The van der Waals surface area contributed by atoms with Gasteiger partial charge in [0, 0.05) is 18.7 Å². The van der Waals surface area contributed by atoms with Crippen molar-refractivity contribution in [3.8, 4) is 0 Å². The van der Waals surface area contributed by atoms with E-state index >= 15 is 0 Å². The number of aromatic nitrogens is 1. The molecule has 1 aromatic heterocycles. The summed E-state index contributed by atoms with van der Waals surface area (Å²) >= 11 is 1.47. The second-order valence-corrected chi connectivity index (χ2v) is 10.4. The van der Waals surface area contributed by atoms with Gasteiger partial charge in [-0.05, 0) is 88.3 Å². The number of carbonyl (C=O) groups excluding carboxylic acids is 2. The SMILES string of the molecule is CCN(CC)C(=O)c1ccc2nc(NC(=O)C34CC5CC(CC(C5)C3)C4)sc2c1. The average molecular weight is 412 g/mol. The number of fused-ring (bicyclic) bond motifs is 1. The second kappa shape index (κ2) is 7.08. The van der Waals surface area contributed by atoms with Gasteiger partial charge in [-0.2, -0.15) is 0 Å². The van der Waals surface area contributed by atoms with E-state index in [0.29, 0.717) is 23.8 Å². The smallest absolute Gasteiger partial charge is 0.253 e. The zero-order valence-corrected chi connectivity index (χ0v) is 18.1. The molecule has 1 N–H and O–H groups in total. The zero-order valence-electron chi connectivity index (χ0n) is 17.2. The Hall–Kier alpha value is -1.95. The van der Waals surface area contributed by atoms with E-state index in [4.69, 9.17) is 0 Å². The molecule has 0 aliphatic heterocycles. The van der Waals surface area contributed by atoms with Gasteiger partial charge < -0.3 is 10.2 Å². The maximum Gasteiger partial charge on any atom is 0.253 e. The monoisotopic (exact) mass is 411 g/mol. The van der Waals surface area contributed by atoms with Crippen molar-refractivity contribution in [1.29, 1.82) is 0 Å². The summed E-state index contributed by atoms with van der Waals surface area (Å²) in [5.74, 6) is 2.46. The molecule has 29 heavy (non-hydrogen) atoms. The third-order valence-corrected chi connectivity index (χ3v) is 8.36. The molecule has 4 aliphatic carbocycles. The number of benzene rings is 1. The molecular weight excluding hydrogens is 382 g/mol. The van der Waals surface area contributed by atoms with Crippen LogP contribution < -0.4 is 5.32 Å². The van der Waals surface area contributed by atoms with E-state index in [1.807, 2.05) is 36.9 Å². The second-order valence-electron chi connectivity index (χ2n) is 9.33. The predicted octanol–water partition coefficient (Wildman–Crippen LogP) is 4.93. The van der Waals surface area contributed by atoms with E-state index in [1.54, 1.807) is 0 Å². The first-order chi connectivity index (χ1) is 14.0. The standard InChI is InChI=1S/C23H29N3O2S/c1-3-26(4-2)20(27)17-5-6-18-19(10-17)29-22(24-18)25-21(28)23-11-14-7-15(12-23)9-16(8-14)13-23/h5-6,10,14-16H,3-4,7-9,11-13H2,1-2H3,(H,24,25,28). The summed E-state index contributed by atoms with van der Waals surface area (Å²) in [4.78, 5) is 32.4. The maximum absolute atomic E-state index is 13.3. The van der Waals surface area contributed by atoms with Gasteiger partial charge in [-0.1, -0.05) is 11.3 Å². The summed E-state index contributed by atoms with van der Waals surface area (Å²) in [7, 11) is 0. The van der Waals surface area contributed by atoms with Gasteiger partial charge in [0.05, 0.1) is 15.6 Å². The van der Waals surface area contributed by atoms with E-state index < -0.39 is 0 Å². The maximum atomic E-state index is 13.3. The van der Waals surface area contributed by atoms with Crippen LogP contribution in [0, 0.1) is 23.2 Å². The number of thiazole rings is 1. The fourth-order valence-electron chi connectivity index (χ4n) is 6.42. The minimum Gasteiger partial charge on any atom is -0.339 e. The lowest BCUT2D eigenvalue weighted by Gasteiger charge is -2.55. The Kier molecular flexibility index (Phi) is 4.65. The molecule has 4 bridgehead atoms. The van der Waals surface area contributed by atoms with Gasteiger partial charge in [0.15, 0.2) is 5.13 Å². The molecule has 0 unspecified atom stereocenters. The molecule has 1 heterocycles. The Bertz CT molecular complexity index is 927. The van der Waals surface area contributed by atoms with Crippen molar-refractivity contribution >= 4 is 38.5 Å². The lowest BCUT2D eigenvalue weighted by molar-refractivity contribution is -0.140. The number of nitrogens with one attached hydrogen (secondary N) is 1. The minimum atomic E-state index is -0.170. The fourth-order valence-corrected chi connectivity index (χ4v) is 7.32. The molecule has 0 atom stereocenters. The summed E-state index contributed by atoms with van der Waals surface area (Å²) < 4.78 is 0.948. The number of amides is 2. The molecule has 6 heteroatoms. The highest BCUT2D eigenvalue weighted by molar-refractivity contribution is 7.22. The molecular formula is C23H29N3O2S. The molecule has 0 radical (unpaired) electrons. The number of hydrogen-bond acceptors (Lipinski definition) is 4. The van der Waals surface area contributed by atoms with Crippen LogP contribution in [0.4, 0.5) is 5.13 Å². The fraction of sp³-hybridized carbons (Fsp3) is 0.609. The summed E-state index contributed by atoms with van der Waals surface area (Å²) in [6, 6.07) is 5.64. The van der Waals surface area contributed by atoms with Gasteiger partial charge >= 0.3 is 0 Å². The molecule has 0 spiro atoms. The van der Waals surface area contributed by atoms with E-state index in [9.17, 15) is 9.59 Å². The van der Waals surface area contributed by atoms with E-state index in [2.05, 4.69) is 10.3 Å².